The number of anilines is 1. The fourth-order valence-corrected chi connectivity index (χ4v) is 2.45. The van der Waals surface area contributed by atoms with Crippen LogP contribution in [0, 0.1) is 0 Å². The highest BCUT2D eigenvalue weighted by molar-refractivity contribution is 5.79. The summed E-state index contributed by atoms with van der Waals surface area (Å²) in [5.41, 5.74) is -0.144. The second-order valence-electron chi connectivity index (χ2n) is 5.60. The quantitative estimate of drug-likeness (QED) is 0.931. The first kappa shape index (κ1) is 16.2. The average molecular weight is 336 g/mol. The number of alkyl halides is 3. The normalized spacial score (nSPS) is 15.0. The molecule has 1 aliphatic heterocycles. The monoisotopic (exact) mass is 336 g/mol. The highest BCUT2D eigenvalue weighted by Crippen LogP contribution is 2.29. The molecule has 0 unspecified atom stereocenters. The average Bonchev–Trinajstić information content (AvgIpc) is 2.51. The topological polar surface area (TPSA) is 58.1 Å². The van der Waals surface area contributed by atoms with Crippen LogP contribution in [0.25, 0.3) is 0 Å². The van der Waals surface area contributed by atoms with Gasteiger partial charge in [0.2, 0.25) is 5.91 Å². The highest BCUT2D eigenvalue weighted by Gasteiger charge is 2.32. The Labute approximate surface area is 136 Å². The van der Waals surface area contributed by atoms with Crippen molar-refractivity contribution in [2.75, 3.05) is 18.4 Å². The van der Waals surface area contributed by atoms with Crippen molar-refractivity contribution in [3.8, 4) is 0 Å². The van der Waals surface area contributed by atoms with Gasteiger partial charge in [-0.05, 0) is 17.7 Å². The molecule has 8 heteroatoms. The Morgan fingerprint density at radius 3 is 2.50 bits per heavy atom. The maximum absolute atomic E-state index is 12.5. The van der Waals surface area contributed by atoms with Crippen LogP contribution in [-0.2, 0) is 17.4 Å². The van der Waals surface area contributed by atoms with Gasteiger partial charge in [0.05, 0.1) is 24.2 Å². The second kappa shape index (κ2) is 6.46. The van der Waals surface area contributed by atoms with E-state index in [4.69, 9.17) is 0 Å². The lowest BCUT2D eigenvalue weighted by Crippen LogP contribution is -2.57. The van der Waals surface area contributed by atoms with Gasteiger partial charge in [-0.3, -0.25) is 9.78 Å². The molecule has 0 atom stereocenters. The Balaban J connectivity index is 1.48. The molecule has 5 nitrogen and oxygen atoms in total. The summed E-state index contributed by atoms with van der Waals surface area (Å²) >= 11 is 0. The van der Waals surface area contributed by atoms with E-state index < -0.39 is 11.7 Å². The number of amides is 1. The summed E-state index contributed by atoms with van der Waals surface area (Å²) in [4.78, 5) is 21.8. The number of likely N-dealkylation sites (tertiary alicyclic amines) is 1. The number of hydrogen-bond acceptors (Lipinski definition) is 4. The third-order valence-corrected chi connectivity index (χ3v) is 3.79. The highest BCUT2D eigenvalue weighted by atomic mass is 19.4. The van der Waals surface area contributed by atoms with E-state index in [1.807, 2.05) is 0 Å². The Morgan fingerprint density at radius 1 is 1.21 bits per heavy atom. The largest absolute Gasteiger partial charge is 0.416 e. The van der Waals surface area contributed by atoms with Gasteiger partial charge in [0.15, 0.2) is 0 Å². The molecule has 0 spiro atoms. The Hall–Kier alpha value is -2.64. The fraction of sp³-hybridized carbons (Fsp3) is 0.312. The minimum Gasteiger partial charge on any atom is -0.362 e. The molecule has 0 radical (unpaired) electrons. The fourth-order valence-electron chi connectivity index (χ4n) is 2.45. The zero-order valence-corrected chi connectivity index (χ0v) is 12.6. The number of aromatic nitrogens is 2. The summed E-state index contributed by atoms with van der Waals surface area (Å²) in [6.45, 7) is 1.08. The molecule has 1 amide bonds. The lowest BCUT2D eigenvalue weighted by atomic mass is 10.0. The number of nitrogens with zero attached hydrogens (tertiary/aromatic N) is 3. The molecule has 0 saturated carbocycles. The van der Waals surface area contributed by atoms with Crippen LogP contribution in [0.15, 0.2) is 42.9 Å². The van der Waals surface area contributed by atoms with Crippen LogP contribution >= 0.6 is 0 Å². The van der Waals surface area contributed by atoms with Crippen molar-refractivity contribution >= 4 is 11.7 Å². The number of carbonyl (C=O) groups is 1. The van der Waals surface area contributed by atoms with Gasteiger partial charge >= 0.3 is 6.18 Å². The van der Waals surface area contributed by atoms with Crippen molar-refractivity contribution in [1.82, 2.24) is 14.9 Å². The van der Waals surface area contributed by atoms with Crippen molar-refractivity contribution in [1.29, 1.82) is 0 Å². The van der Waals surface area contributed by atoms with E-state index in [-0.39, 0.29) is 18.4 Å². The molecule has 1 fully saturated rings. The molecule has 1 N–H and O–H groups in total. The summed E-state index contributed by atoms with van der Waals surface area (Å²) in [6, 6.07) is 4.79. The van der Waals surface area contributed by atoms with Gasteiger partial charge in [-0.25, -0.2) is 4.98 Å². The van der Waals surface area contributed by atoms with Gasteiger partial charge in [-0.2, -0.15) is 13.2 Å². The number of nitrogens with one attached hydrogen (secondary N) is 1. The van der Waals surface area contributed by atoms with Gasteiger partial charge in [0.1, 0.15) is 5.82 Å². The molecule has 0 bridgehead atoms. The van der Waals surface area contributed by atoms with E-state index in [0.29, 0.717) is 24.5 Å². The maximum atomic E-state index is 12.5. The molecule has 2 heterocycles. The number of rotatable bonds is 4. The predicted octanol–water partition coefficient (Wildman–Crippen LogP) is 2.36. The lowest BCUT2D eigenvalue weighted by Gasteiger charge is -2.39. The van der Waals surface area contributed by atoms with E-state index in [1.165, 1.54) is 12.1 Å². The SMILES string of the molecule is O=C(Cc1ccc(C(F)(F)F)cc1)N1CC(Nc2cnccn2)C1. The summed E-state index contributed by atoms with van der Waals surface area (Å²) < 4.78 is 37.5. The second-order valence-corrected chi connectivity index (χ2v) is 5.60. The van der Waals surface area contributed by atoms with Crippen LogP contribution in [-0.4, -0.2) is 39.9 Å². The summed E-state index contributed by atoms with van der Waals surface area (Å²) in [5, 5.41) is 3.16. The Morgan fingerprint density at radius 2 is 1.92 bits per heavy atom. The van der Waals surface area contributed by atoms with Crippen molar-refractivity contribution < 1.29 is 18.0 Å². The minimum atomic E-state index is -4.36. The zero-order valence-electron chi connectivity index (χ0n) is 12.6. The first-order valence-corrected chi connectivity index (χ1v) is 7.38. The van der Waals surface area contributed by atoms with E-state index >= 15 is 0 Å². The molecule has 1 aromatic heterocycles. The number of benzene rings is 1. The van der Waals surface area contributed by atoms with Crippen molar-refractivity contribution in [3.63, 3.8) is 0 Å². The van der Waals surface area contributed by atoms with Gasteiger partial charge in [0, 0.05) is 25.5 Å². The first-order valence-electron chi connectivity index (χ1n) is 7.38. The zero-order chi connectivity index (χ0) is 17.2. The summed E-state index contributed by atoms with van der Waals surface area (Å²) in [7, 11) is 0. The lowest BCUT2D eigenvalue weighted by molar-refractivity contribution is -0.137. The Bertz CT molecular complexity index is 698. The smallest absolute Gasteiger partial charge is 0.362 e. The van der Waals surface area contributed by atoms with E-state index in [1.54, 1.807) is 23.5 Å². The van der Waals surface area contributed by atoms with Gasteiger partial charge in [0.25, 0.3) is 0 Å². The molecular weight excluding hydrogens is 321 g/mol. The molecular formula is C16H15F3N4O. The van der Waals surface area contributed by atoms with Gasteiger partial charge < -0.3 is 10.2 Å². The van der Waals surface area contributed by atoms with E-state index in [0.717, 1.165) is 12.1 Å². The molecule has 24 heavy (non-hydrogen) atoms. The molecule has 3 rings (SSSR count). The van der Waals surface area contributed by atoms with Crippen LogP contribution in [0.4, 0.5) is 19.0 Å². The van der Waals surface area contributed by atoms with Gasteiger partial charge in [-0.15, -0.1) is 0 Å². The third kappa shape index (κ3) is 3.81. The molecule has 1 saturated heterocycles. The minimum absolute atomic E-state index is 0.0933. The van der Waals surface area contributed by atoms with Crippen molar-refractivity contribution in [2.24, 2.45) is 0 Å². The third-order valence-electron chi connectivity index (χ3n) is 3.79. The predicted molar refractivity (Wildman–Crippen MR) is 81.2 cm³/mol. The standard InChI is InChI=1S/C16H15F3N4O/c17-16(18,19)12-3-1-11(2-4-12)7-15(24)23-9-13(10-23)22-14-8-20-5-6-21-14/h1-6,8,13H,7,9-10H2,(H,21,22). The van der Waals surface area contributed by atoms with Crippen LogP contribution in [0.2, 0.25) is 0 Å². The summed E-state index contributed by atoms with van der Waals surface area (Å²) in [6.07, 6.45) is 0.488. The van der Waals surface area contributed by atoms with Crippen molar-refractivity contribution in [3.05, 3.63) is 54.0 Å². The number of carbonyl (C=O) groups excluding carboxylic acids is 1. The van der Waals surface area contributed by atoms with Crippen LogP contribution in [0.5, 0.6) is 0 Å². The summed E-state index contributed by atoms with van der Waals surface area (Å²) in [5.74, 6) is 0.546. The Kier molecular flexibility index (Phi) is 4.37. The molecule has 1 aliphatic rings. The molecule has 1 aromatic carbocycles. The van der Waals surface area contributed by atoms with Crippen molar-refractivity contribution in [2.45, 2.75) is 18.6 Å². The first-order chi connectivity index (χ1) is 11.4. The van der Waals surface area contributed by atoms with E-state index in [9.17, 15) is 18.0 Å². The van der Waals surface area contributed by atoms with Gasteiger partial charge in [-0.1, -0.05) is 12.1 Å². The number of hydrogen-bond donors (Lipinski definition) is 1. The van der Waals surface area contributed by atoms with Crippen LogP contribution < -0.4 is 5.32 Å². The van der Waals surface area contributed by atoms with E-state index in [2.05, 4.69) is 15.3 Å². The number of halogens is 3. The molecule has 2 aromatic rings. The van der Waals surface area contributed by atoms with Crippen LogP contribution in [0.1, 0.15) is 11.1 Å². The van der Waals surface area contributed by atoms with Crippen LogP contribution in [0.3, 0.4) is 0 Å². The molecule has 126 valence electrons. The maximum Gasteiger partial charge on any atom is 0.416 e. The molecule has 0 aliphatic carbocycles.